The molecule has 5 nitrogen and oxygen atoms in total. The molecule has 7 heteroatoms. The van der Waals surface area contributed by atoms with Crippen molar-refractivity contribution in [2.75, 3.05) is 0 Å². The normalized spacial score (nSPS) is 11.4. The molecule has 0 bridgehead atoms. The zero-order valence-corrected chi connectivity index (χ0v) is 16.8. The summed E-state index contributed by atoms with van der Waals surface area (Å²) in [5, 5.41) is 5.68. The summed E-state index contributed by atoms with van der Waals surface area (Å²) in [5.74, 6) is -0.301. The minimum absolute atomic E-state index is 0.168. The molecule has 5 rings (SSSR count). The molecule has 0 atom stereocenters. The summed E-state index contributed by atoms with van der Waals surface area (Å²) in [4.78, 5) is 17.6. The standard InChI is InChI=1S/C23H16ClFN4O/c1-14-21(15-6-8-17(25)9-7-15)22-26-12-18-20(29(22)27-14)10-11-28(23(18)30)13-16-4-2-3-5-19(16)24/h2-12H,13H2,1H3. The minimum Gasteiger partial charge on any atom is -0.310 e. The fourth-order valence-corrected chi connectivity index (χ4v) is 3.90. The molecule has 3 heterocycles. The molecule has 0 spiro atoms. The van der Waals surface area contributed by atoms with Crippen molar-refractivity contribution in [2.45, 2.75) is 13.5 Å². The molecule has 0 aliphatic rings. The number of pyridine rings is 1. The third-order valence-electron chi connectivity index (χ3n) is 5.19. The SMILES string of the molecule is Cc1nn2c(ncc3c(=O)n(Cc4ccccc4Cl)ccc32)c1-c1ccc(F)cc1. The first-order valence-electron chi connectivity index (χ1n) is 9.40. The number of fused-ring (bicyclic) bond motifs is 3. The van der Waals surface area contributed by atoms with Crippen LogP contribution in [0, 0.1) is 12.7 Å². The molecule has 2 aromatic carbocycles. The van der Waals surface area contributed by atoms with E-state index in [4.69, 9.17) is 11.6 Å². The average Bonchev–Trinajstić information content (AvgIpc) is 3.08. The molecule has 0 saturated carbocycles. The minimum atomic E-state index is -0.301. The van der Waals surface area contributed by atoms with Gasteiger partial charge >= 0.3 is 0 Å². The molecule has 148 valence electrons. The Morgan fingerprint density at radius 3 is 2.60 bits per heavy atom. The van der Waals surface area contributed by atoms with Gasteiger partial charge in [-0.05, 0) is 42.3 Å². The van der Waals surface area contributed by atoms with Crippen LogP contribution < -0.4 is 5.56 Å². The molecular weight excluding hydrogens is 403 g/mol. The number of aromatic nitrogens is 4. The smallest absolute Gasteiger partial charge is 0.261 e. The highest BCUT2D eigenvalue weighted by Gasteiger charge is 2.16. The fraction of sp³-hybridized carbons (Fsp3) is 0.0870. The predicted molar refractivity (Wildman–Crippen MR) is 115 cm³/mol. The fourth-order valence-electron chi connectivity index (χ4n) is 3.71. The van der Waals surface area contributed by atoms with Crippen LogP contribution in [0.4, 0.5) is 4.39 Å². The van der Waals surface area contributed by atoms with Crippen molar-refractivity contribution in [3.8, 4) is 11.1 Å². The van der Waals surface area contributed by atoms with Crippen LogP contribution in [-0.4, -0.2) is 19.2 Å². The van der Waals surface area contributed by atoms with E-state index in [-0.39, 0.29) is 11.4 Å². The van der Waals surface area contributed by atoms with Gasteiger partial charge in [0.1, 0.15) is 5.82 Å². The maximum absolute atomic E-state index is 13.3. The van der Waals surface area contributed by atoms with Gasteiger partial charge in [-0.25, -0.2) is 13.9 Å². The summed E-state index contributed by atoms with van der Waals surface area (Å²) < 4.78 is 16.6. The second kappa shape index (κ2) is 7.07. The lowest BCUT2D eigenvalue weighted by Gasteiger charge is -2.09. The zero-order valence-electron chi connectivity index (χ0n) is 16.0. The molecule has 3 aromatic heterocycles. The van der Waals surface area contributed by atoms with E-state index in [2.05, 4.69) is 10.1 Å². The van der Waals surface area contributed by atoms with Crippen molar-refractivity contribution < 1.29 is 4.39 Å². The highest BCUT2D eigenvalue weighted by atomic mass is 35.5. The number of hydrogen-bond acceptors (Lipinski definition) is 3. The highest BCUT2D eigenvalue weighted by molar-refractivity contribution is 6.31. The summed E-state index contributed by atoms with van der Waals surface area (Å²) >= 11 is 6.25. The van der Waals surface area contributed by atoms with E-state index in [1.165, 1.54) is 12.1 Å². The average molecular weight is 419 g/mol. The molecule has 5 aromatic rings. The Morgan fingerprint density at radius 1 is 1.07 bits per heavy atom. The second-order valence-electron chi connectivity index (χ2n) is 7.10. The Kier molecular flexibility index (Phi) is 4.37. The van der Waals surface area contributed by atoms with E-state index in [0.717, 1.165) is 22.4 Å². The van der Waals surface area contributed by atoms with Crippen LogP contribution in [0.15, 0.2) is 71.8 Å². The van der Waals surface area contributed by atoms with Crippen molar-refractivity contribution in [1.82, 2.24) is 19.2 Å². The second-order valence-corrected chi connectivity index (χ2v) is 7.51. The molecule has 0 radical (unpaired) electrons. The Bertz CT molecular complexity index is 1470. The van der Waals surface area contributed by atoms with Crippen molar-refractivity contribution >= 4 is 28.2 Å². The number of aryl methyl sites for hydroxylation is 1. The van der Waals surface area contributed by atoms with Gasteiger partial charge in [-0.15, -0.1) is 0 Å². The number of rotatable bonds is 3. The van der Waals surface area contributed by atoms with Gasteiger partial charge in [0.2, 0.25) is 0 Å². The summed E-state index contributed by atoms with van der Waals surface area (Å²) in [6.45, 7) is 2.24. The number of nitrogens with zero attached hydrogens (tertiary/aromatic N) is 4. The highest BCUT2D eigenvalue weighted by Crippen LogP contribution is 2.28. The van der Waals surface area contributed by atoms with Crippen molar-refractivity contribution in [1.29, 1.82) is 0 Å². The van der Waals surface area contributed by atoms with Crippen LogP contribution >= 0.6 is 11.6 Å². The van der Waals surface area contributed by atoms with E-state index in [9.17, 15) is 9.18 Å². The molecule has 30 heavy (non-hydrogen) atoms. The van der Waals surface area contributed by atoms with Gasteiger partial charge in [0, 0.05) is 23.0 Å². The van der Waals surface area contributed by atoms with Crippen LogP contribution in [0.1, 0.15) is 11.3 Å². The first kappa shape index (κ1) is 18.5. The molecule has 0 fully saturated rings. The largest absolute Gasteiger partial charge is 0.310 e. The van der Waals surface area contributed by atoms with Crippen molar-refractivity contribution in [3.05, 3.63) is 99.4 Å². The molecule has 0 aliphatic carbocycles. The Morgan fingerprint density at radius 2 is 1.83 bits per heavy atom. The predicted octanol–water partition coefficient (Wildman–Crippen LogP) is 4.86. The number of benzene rings is 2. The van der Waals surface area contributed by atoms with Gasteiger partial charge in [0.15, 0.2) is 5.65 Å². The van der Waals surface area contributed by atoms with Gasteiger partial charge < -0.3 is 4.57 Å². The summed E-state index contributed by atoms with van der Waals surface area (Å²) in [6.07, 6.45) is 3.31. The van der Waals surface area contributed by atoms with E-state index >= 15 is 0 Å². The van der Waals surface area contributed by atoms with Crippen LogP contribution in [0.3, 0.4) is 0 Å². The maximum atomic E-state index is 13.3. The summed E-state index contributed by atoms with van der Waals surface area (Å²) in [5.41, 5.74) is 4.37. The molecular formula is C23H16ClFN4O. The summed E-state index contributed by atoms with van der Waals surface area (Å²) in [6, 6.07) is 15.5. The maximum Gasteiger partial charge on any atom is 0.261 e. The van der Waals surface area contributed by atoms with Gasteiger partial charge in [-0.2, -0.15) is 5.10 Å². The van der Waals surface area contributed by atoms with E-state index in [1.807, 2.05) is 31.2 Å². The molecule has 0 amide bonds. The third kappa shape index (κ3) is 2.97. The van der Waals surface area contributed by atoms with E-state index < -0.39 is 0 Å². The quantitative estimate of drug-likeness (QED) is 0.420. The topological polar surface area (TPSA) is 52.2 Å². The lowest BCUT2D eigenvalue weighted by Crippen LogP contribution is -2.21. The Hall–Kier alpha value is -3.51. The number of halogens is 2. The van der Waals surface area contributed by atoms with Gasteiger partial charge in [-0.1, -0.05) is 41.9 Å². The molecule has 0 aliphatic heterocycles. The lowest BCUT2D eigenvalue weighted by atomic mass is 10.1. The first-order valence-corrected chi connectivity index (χ1v) is 9.77. The third-order valence-corrected chi connectivity index (χ3v) is 5.56. The van der Waals surface area contributed by atoms with Crippen LogP contribution in [0.2, 0.25) is 5.02 Å². The summed E-state index contributed by atoms with van der Waals surface area (Å²) in [7, 11) is 0. The van der Waals surface area contributed by atoms with Crippen molar-refractivity contribution in [2.24, 2.45) is 0 Å². The van der Waals surface area contributed by atoms with Gasteiger partial charge in [0.25, 0.3) is 5.56 Å². The van der Waals surface area contributed by atoms with Gasteiger partial charge in [-0.3, -0.25) is 4.79 Å². The zero-order chi connectivity index (χ0) is 20.8. The van der Waals surface area contributed by atoms with Crippen LogP contribution in [0.5, 0.6) is 0 Å². The Labute approximate surface area is 176 Å². The lowest BCUT2D eigenvalue weighted by molar-refractivity contribution is 0.628. The monoisotopic (exact) mass is 418 g/mol. The Balaban J connectivity index is 1.67. The van der Waals surface area contributed by atoms with E-state index in [1.54, 1.807) is 39.7 Å². The molecule has 0 unspecified atom stereocenters. The molecule has 0 N–H and O–H groups in total. The number of hydrogen-bond donors (Lipinski definition) is 0. The van der Waals surface area contributed by atoms with Gasteiger partial charge in [0.05, 0.1) is 23.1 Å². The molecule has 0 saturated heterocycles. The first-order chi connectivity index (χ1) is 14.5. The van der Waals surface area contributed by atoms with Crippen LogP contribution in [-0.2, 0) is 6.54 Å². The van der Waals surface area contributed by atoms with Crippen LogP contribution in [0.25, 0.3) is 27.7 Å². The van der Waals surface area contributed by atoms with Crippen molar-refractivity contribution in [3.63, 3.8) is 0 Å². The van der Waals surface area contributed by atoms with E-state index in [0.29, 0.717) is 28.1 Å².